The van der Waals surface area contributed by atoms with E-state index in [0.717, 1.165) is 61.5 Å². The van der Waals surface area contributed by atoms with Crippen LogP contribution in [0.25, 0.3) is 11.1 Å². The van der Waals surface area contributed by atoms with Gasteiger partial charge in [-0.15, -0.1) is 0 Å². The summed E-state index contributed by atoms with van der Waals surface area (Å²) in [6.07, 6.45) is 12.8. The summed E-state index contributed by atoms with van der Waals surface area (Å²) in [6.45, 7) is 7.90. The molecule has 4 aromatic carbocycles. The number of hydrogen-bond donors (Lipinski definition) is 3. The van der Waals surface area contributed by atoms with Gasteiger partial charge >= 0.3 is 0 Å². The summed E-state index contributed by atoms with van der Waals surface area (Å²) in [7, 11) is 0. The topological polar surface area (TPSA) is 137 Å². The molecule has 0 saturated heterocycles. The molecule has 0 aromatic heterocycles. The number of Topliss-reactive ketones (excluding diaryl/α,β-unsaturated/α-hetero) is 1. The average Bonchev–Trinajstić information content (AvgIpc) is 3.84. The zero-order chi connectivity index (χ0) is 42.3. The molecular formula is C51H57N3O6. The van der Waals surface area contributed by atoms with Crippen LogP contribution in [0.2, 0.25) is 0 Å². The van der Waals surface area contributed by atoms with E-state index in [0.29, 0.717) is 37.2 Å². The van der Waals surface area contributed by atoms with Gasteiger partial charge in [0.05, 0.1) is 5.92 Å². The molecule has 0 heterocycles. The average molecular weight is 808 g/mol. The predicted octanol–water partition coefficient (Wildman–Crippen LogP) is 8.54. The van der Waals surface area contributed by atoms with E-state index in [1.807, 2.05) is 97.1 Å². The largest absolute Gasteiger partial charge is 0.490 e. The van der Waals surface area contributed by atoms with Gasteiger partial charge in [0.2, 0.25) is 11.7 Å². The van der Waals surface area contributed by atoms with Gasteiger partial charge in [0.25, 0.3) is 5.91 Å². The van der Waals surface area contributed by atoms with Gasteiger partial charge in [-0.05, 0) is 92.3 Å². The predicted molar refractivity (Wildman–Crippen MR) is 237 cm³/mol. The number of hydrogen-bond acceptors (Lipinski definition) is 7. The van der Waals surface area contributed by atoms with Crippen molar-refractivity contribution in [1.82, 2.24) is 10.6 Å². The highest BCUT2D eigenvalue weighted by atomic mass is 16.5. The minimum atomic E-state index is -0.763. The number of ether oxygens (including phenoxy) is 2. The van der Waals surface area contributed by atoms with Crippen molar-refractivity contribution in [2.24, 2.45) is 17.6 Å². The molecule has 2 amide bonds. The summed E-state index contributed by atoms with van der Waals surface area (Å²) in [6, 6.07) is 33.4. The zero-order valence-corrected chi connectivity index (χ0v) is 34.3. The van der Waals surface area contributed by atoms with Crippen LogP contribution >= 0.6 is 0 Å². The van der Waals surface area contributed by atoms with Crippen molar-refractivity contribution in [2.45, 2.75) is 94.5 Å². The monoisotopic (exact) mass is 807 g/mol. The first-order valence-electron chi connectivity index (χ1n) is 21.1. The number of benzene rings is 4. The van der Waals surface area contributed by atoms with E-state index in [1.165, 1.54) is 5.56 Å². The fourth-order valence-corrected chi connectivity index (χ4v) is 8.29. The maximum absolute atomic E-state index is 14.3. The molecule has 9 heteroatoms. The number of carbonyl (C=O) groups excluding carboxylic acids is 4. The lowest BCUT2D eigenvalue weighted by Gasteiger charge is -2.24. The quantitative estimate of drug-likeness (QED) is 0.0332. The first kappa shape index (κ1) is 43.5. The number of amides is 2. The normalized spacial score (nSPS) is 21.5. The van der Waals surface area contributed by atoms with Crippen molar-refractivity contribution < 1.29 is 28.7 Å². The van der Waals surface area contributed by atoms with Crippen molar-refractivity contribution in [3.05, 3.63) is 157 Å². The molecule has 60 heavy (non-hydrogen) atoms. The third-order valence-electron chi connectivity index (χ3n) is 11.6. The molecule has 4 aromatic rings. The summed E-state index contributed by atoms with van der Waals surface area (Å²) >= 11 is 0. The molecule has 4 N–H and O–H groups in total. The van der Waals surface area contributed by atoms with E-state index in [2.05, 4.69) is 35.9 Å². The van der Waals surface area contributed by atoms with Crippen LogP contribution in [0.5, 0.6) is 11.5 Å². The minimum Gasteiger partial charge on any atom is -0.490 e. The summed E-state index contributed by atoms with van der Waals surface area (Å²) in [5, 5.41) is 6.28. The summed E-state index contributed by atoms with van der Waals surface area (Å²) in [5.74, 6) is -1.20. The van der Waals surface area contributed by atoms with Crippen LogP contribution in [0, 0.1) is 11.8 Å². The maximum atomic E-state index is 14.3. The Kier molecular flexibility index (Phi) is 15.8. The van der Waals surface area contributed by atoms with Gasteiger partial charge in [-0.2, -0.15) is 0 Å². The summed E-state index contributed by atoms with van der Waals surface area (Å²) < 4.78 is 12.5. The molecule has 2 saturated carbocycles. The molecule has 6 rings (SSSR count). The number of carbonyl (C=O) groups is 4. The smallest absolute Gasteiger partial charge is 0.292 e. The second kappa shape index (κ2) is 21.8. The van der Waals surface area contributed by atoms with E-state index < -0.39 is 29.8 Å². The number of nitrogens with one attached hydrogen (secondary N) is 2. The van der Waals surface area contributed by atoms with Gasteiger partial charge in [0.15, 0.2) is 0 Å². The molecule has 312 valence electrons. The van der Waals surface area contributed by atoms with Crippen LogP contribution in [0.3, 0.4) is 0 Å². The second-order valence-corrected chi connectivity index (χ2v) is 16.0. The van der Waals surface area contributed by atoms with Gasteiger partial charge in [0, 0.05) is 42.4 Å². The van der Waals surface area contributed by atoms with Crippen LogP contribution in [-0.2, 0) is 20.8 Å². The zero-order valence-electron chi connectivity index (χ0n) is 34.3. The molecule has 3 unspecified atom stereocenters. The molecule has 9 nitrogen and oxygen atoms in total. The van der Waals surface area contributed by atoms with Crippen molar-refractivity contribution in [3.8, 4) is 22.6 Å². The molecule has 7 atom stereocenters. The number of nitrogens with two attached hydrogens (primary N) is 1. The van der Waals surface area contributed by atoms with Crippen LogP contribution in [0.1, 0.15) is 73.7 Å². The fraction of sp³-hybridized carbons (Fsp3) is 0.333. The summed E-state index contributed by atoms with van der Waals surface area (Å²) in [5.41, 5.74) is 10.6. The molecule has 0 spiro atoms. The van der Waals surface area contributed by atoms with Crippen molar-refractivity contribution in [2.75, 3.05) is 0 Å². The van der Waals surface area contributed by atoms with E-state index >= 15 is 0 Å². The van der Waals surface area contributed by atoms with Crippen LogP contribution in [-0.4, -0.2) is 54.2 Å². The Morgan fingerprint density at radius 1 is 0.767 bits per heavy atom. The van der Waals surface area contributed by atoms with E-state index in [9.17, 15) is 19.2 Å². The Labute approximate surface area is 354 Å². The van der Waals surface area contributed by atoms with Crippen molar-refractivity contribution in [3.63, 3.8) is 0 Å². The third kappa shape index (κ3) is 12.5. The van der Waals surface area contributed by atoms with Gasteiger partial charge in [-0.3, -0.25) is 14.4 Å². The van der Waals surface area contributed by atoms with Crippen LogP contribution in [0.15, 0.2) is 146 Å². The third-order valence-corrected chi connectivity index (χ3v) is 11.6. The molecule has 0 aliphatic heterocycles. The fourth-order valence-electron chi connectivity index (χ4n) is 8.29. The molecule has 2 aliphatic rings. The lowest BCUT2D eigenvalue weighted by Crippen LogP contribution is -2.48. The lowest BCUT2D eigenvalue weighted by molar-refractivity contribution is -0.127. The standard InChI is InChI=1S/C51H57N3O6/c1-3-4-13-35(2)14-11-20-41(21-12-17-36-15-7-5-8-16-36)53-50(57)46-31-45(60-43-28-26-42(27-29-43)59-44-30-40(34-55)47(52)32-44)33-48(46)54-51(58)49(56)39-24-22-38(23-25-39)37-18-9-6-10-19-37/h3-10,13,15-16,18-19,22-29,34,40-41,44-48H,1-2,11-12,14,17,20-21,30-33,52H2,(H,53,57)(H,54,58)/b13-4-/t40-,41?,44+,45+,46+,47?,48?/m0/s1. The number of aryl methyl sites for hydroxylation is 1. The Hall–Kier alpha value is -6.06. The first-order chi connectivity index (χ1) is 29.2. The molecule has 2 aliphatic carbocycles. The Morgan fingerprint density at radius 3 is 2.02 bits per heavy atom. The number of allylic oxidation sites excluding steroid dienone is 4. The highest BCUT2D eigenvalue weighted by Gasteiger charge is 2.42. The van der Waals surface area contributed by atoms with Crippen molar-refractivity contribution >= 4 is 23.9 Å². The molecule has 2 fully saturated rings. The van der Waals surface area contributed by atoms with E-state index in [1.54, 1.807) is 18.2 Å². The Morgan fingerprint density at radius 2 is 1.38 bits per heavy atom. The minimum absolute atomic E-state index is 0.0951. The number of ketones is 1. The van der Waals surface area contributed by atoms with Crippen LogP contribution in [0.4, 0.5) is 0 Å². The molecular weight excluding hydrogens is 751 g/mol. The first-order valence-corrected chi connectivity index (χ1v) is 21.1. The highest BCUT2D eigenvalue weighted by molar-refractivity contribution is 6.42. The maximum Gasteiger partial charge on any atom is 0.292 e. The lowest BCUT2D eigenvalue weighted by atomic mass is 9.97. The van der Waals surface area contributed by atoms with Gasteiger partial charge < -0.3 is 30.6 Å². The van der Waals surface area contributed by atoms with Crippen LogP contribution < -0.4 is 25.8 Å². The van der Waals surface area contributed by atoms with Gasteiger partial charge in [0.1, 0.15) is 30.0 Å². The second-order valence-electron chi connectivity index (χ2n) is 16.0. The van der Waals surface area contributed by atoms with Crippen molar-refractivity contribution in [1.29, 1.82) is 0 Å². The van der Waals surface area contributed by atoms with Gasteiger partial charge in [-0.25, -0.2) is 0 Å². The summed E-state index contributed by atoms with van der Waals surface area (Å²) in [4.78, 5) is 52.8. The Balaban J connectivity index is 1.14. The molecule has 0 bridgehead atoms. The molecule has 0 radical (unpaired) electrons. The SMILES string of the molecule is C=C/C=C\C(=C)CCCC(CCCc1ccccc1)NC(=O)[C@@H]1C[C@@H](Oc2ccc(O[C@H]3CC(N)[C@H](C=O)C3)cc2)CC1NC(=O)C(=O)c1ccc(-c2ccccc2)cc1. The highest BCUT2D eigenvalue weighted by Crippen LogP contribution is 2.33. The van der Waals surface area contributed by atoms with E-state index in [-0.39, 0.29) is 35.6 Å². The number of aldehydes is 1. The van der Waals surface area contributed by atoms with Gasteiger partial charge in [-0.1, -0.05) is 122 Å². The Bertz CT molecular complexity index is 2080. The number of rotatable bonds is 21. The van der Waals surface area contributed by atoms with E-state index in [4.69, 9.17) is 15.2 Å².